The molecule has 0 aliphatic heterocycles. The lowest BCUT2D eigenvalue weighted by atomic mass is 9.83. The molecule has 3 rings (SSSR count). The maximum Gasteiger partial charge on any atom is 0.259 e. The number of anilines is 1. The van der Waals surface area contributed by atoms with Gasteiger partial charge in [-0.2, -0.15) is 0 Å². The molecule has 0 bridgehead atoms. The van der Waals surface area contributed by atoms with Gasteiger partial charge in [0.15, 0.2) is 0 Å². The van der Waals surface area contributed by atoms with E-state index in [0.29, 0.717) is 30.1 Å². The first kappa shape index (κ1) is 23.0. The topological polar surface area (TPSA) is 92.4 Å². The molecule has 1 aliphatic carbocycles. The first-order chi connectivity index (χ1) is 14.3. The summed E-state index contributed by atoms with van der Waals surface area (Å²) in [6.07, 6.45) is 8.43. The van der Waals surface area contributed by atoms with Crippen LogP contribution in [0.25, 0.3) is 5.65 Å². The number of aromatic amines is 1. The number of halogens is 2. The van der Waals surface area contributed by atoms with E-state index in [2.05, 4.69) is 24.1 Å². The van der Waals surface area contributed by atoms with Gasteiger partial charge in [-0.15, -0.1) is 23.2 Å². The van der Waals surface area contributed by atoms with Crippen molar-refractivity contribution in [3.05, 3.63) is 33.7 Å². The molecular weight excluding hydrogens is 423 g/mol. The van der Waals surface area contributed by atoms with E-state index in [0.717, 1.165) is 44.1 Å². The number of carbonyl (C=O) groups is 1. The fourth-order valence-electron chi connectivity index (χ4n) is 4.38. The number of H-pyrrole nitrogens is 1. The van der Waals surface area contributed by atoms with Crippen molar-refractivity contribution in [3.8, 4) is 0 Å². The van der Waals surface area contributed by atoms with E-state index in [4.69, 9.17) is 28.9 Å². The second-order valence-electron chi connectivity index (χ2n) is 8.41. The SMILES string of the molecule is CCCCC(CC)CNC(=O)c1c(C2CCC(Cl)C(Cl)C2)cn2c(=O)cc(N)[nH]c12. The van der Waals surface area contributed by atoms with Crippen LogP contribution >= 0.6 is 23.2 Å². The minimum atomic E-state index is -0.260. The number of nitrogen functional groups attached to an aromatic ring is 1. The molecule has 6 nitrogen and oxygen atoms in total. The summed E-state index contributed by atoms with van der Waals surface area (Å²) in [5.74, 6) is 0.566. The number of aromatic nitrogens is 2. The Kier molecular flexibility index (Phi) is 7.75. The standard InChI is InChI=1S/C22H32Cl2N4O2/c1-3-5-6-13(4-2)11-26-22(30)20-15(14-7-8-16(23)17(24)9-14)12-28-19(29)10-18(25)27-21(20)28/h10,12-14,16-17,27H,3-9,11,25H2,1-2H3,(H,26,30). The van der Waals surface area contributed by atoms with Crippen LogP contribution in [0.1, 0.15) is 80.6 Å². The summed E-state index contributed by atoms with van der Waals surface area (Å²) in [5, 5.41) is 2.87. The van der Waals surface area contributed by atoms with E-state index in [1.54, 1.807) is 6.20 Å². The Morgan fingerprint density at radius 1 is 1.33 bits per heavy atom. The Morgan fingerprint density at radius 3 is 2.77 bits per heavy atom. The number of nitrogens with two attached hydrogens (primary N) is 1. The molecule has 8 heteroatoms. The summed E-state index contributed by atoms with van der Waals surface area (Å²) in [6, 6.07) is 1.33. The molecule has 2 aromatic heterocycles. The van der Waals surface area contributed by atoms with Gasteiger partial charge in [0.05, 0.1) is 10.9 Å². The Bertz CT molecular complexity index is 939. The third kappa shape index (κ3) is 4.97. The summed E-state index contributed by atoms with van der Waals surface area (Å²) in [7, 11) is 0. The van der Waals surface area contributed by atoms with E-state index in [1.165, 1.54) is 10.5 Å². The predicted molar refractivity (Wildman–Crippen MR) is 124 cm³/mol. The van der Waals surface area contributed by atoms with Crippen molar-refractivity contribution in [2.45, 2.75) is 75.5 Å². The first-order valence-corrected chi connectivity index (χ1v) is 11.8. The van der Waals surface area contributed by atoms with Crippen molar-refractivity contribution in [2.75, 3.05) is 12.3 Å². The summed E-state index contributed by atoms with van der Waals surface area (Å²) >= 11 is 12.7. The summed E-state index contributed by atoms with van der Waals surface area (Å²) in [6.45, 7) is 4.94. The predicted octanol–water partition coefficient (Wildman–Crippen LogP) is 4.64. The molecule has 1 saturated carbocycles. The van der Waals surface area contributed by atoms with Gasteiger partial charge in [0.2, 0.25) is 0 Å². The van der Waals surface area contributed by atoms with Gasteiger partial charge < -0.3 is 16.0 Å². The summed E-state index contributed by atoms with van der Waals surface area (Å²) in [4.78, 5) is 28.8. The number of alkyl halides is 2. The normalized spacial score (nSPS) is 22.9. The van der Waals surface area contributed by atoms with Crippen LogP contribution in [0.4, 0.5) is 5.82 Å². The monoisotopic (exact) mass is 454 g/mol. The lowest BCUT2D eigenvalue weighted by molar-refractivity contribution is 0.0946. The number of unbranched alkanes of at least 4 members (excludes halogenated alkanes) is 1. The molecule has 2 aromatic rings. The van der Waals surface area contributed by atoms with Crippen LogP contribution in [0, 0.1) is 5.92 Å². The number of nitrogens with one attached hydrogen (secondary N) is 2. The molecule has 0 radical (unpaired) electrons. The van der Waals surface area contributed by atoms with Crippen molar-refractivity contribution < 1.29 is 4.79 Å². The molecule has 1 amide bonds. The third-order valence-electron chi connectivity index (χ3n) is 6.27. The third-order valence-corrected chi connectivity index (χ3v) is 7.40. The van der Waals surface area contributed by atoms with Crippen LogP contribution in [0.3, 0.4) is 0 Å². The molecule has 4 unspecified atom stereocenters. The van der Waals surface area contributed by atoms with Crippen LogP contribution < -0.4 is 16.6 Å². The largest absolute Gasteiger partial charge is 0.385 e. The molecule has 0 spiro atoms. The number of rotatable bonds is 8. The second kappa shape index (κ2) is 10.1. The van der Waals surface area contributed by atoms with Gasteiger partial charge in [-0.3, -0.25) is 14.0 Å². The number of carbonyl (C=O) groups excluding carboxylic acids is 1. The zero-order valence-corrected chi connectivity index (χ0v) is 19.2. The van der Waals surface area contributed by atoms with Crippen molar-refractivity contribution in [3.63, 3.8) is 0 Å². The van der Waals surface area contributed by atoms with E-state index < -0.39 is 0 Å². The van der Waals surface area contributed by atoms with E-state index in [-0.39, 0.29) is 34.0 Å². The van der Waals surface area contributed by atoms with E-state index in [9.17, 15) is 9.59 Å². The van der Waals surface area contributed by atoms with Crippen molar-refractivity contribution >= 4 is 40.6 Å². The number of hydrogen-bond acceptors (Lipinski definition) is 3. The van der Waals surface area contributed by atoms with Gasteiger partial charge in [0, 0.05) is 24.2 Å². The highest BCUT2D eigenvalue weighted by atomic mass is 35.5. The van der Waals surface area contributed by atoms with Gasteiger partial charge in [0.1, 0.15) is 11.5 Å². The minimum Gasteiger partial charge on any atom is -0.385 e. The number of fused-ring (bicyclic) bond motifs is 1. The maximum absolute atomic E-state index is 13.3. The van der Waals surface area contributed by atoms with Gasteiger partial charge >= 0.3 is 0 Å². The van der Waals surface area contributed by atoms with Crippen LogP contribution in [-0.4, -0.2) is 32.6 Å². The average molecular weight is 455 g/mol. The van der Waals surface area contributed by atoms with E-state index >= 15 is 0 Å². The molecule has 2 heterocycles. The van der Waals surface area contributed by atoms with Crippen molar-refractivity contribution in [1.29, 1.82) is 0 Å². The van der Waals surface area contributed by atoms with Gasteiger partial charge in [-0.25, -0.2) is 0 Å². The Labute approximate surface area is 187 Å². The zero-order chi connectivity index (χ0) is 21.8. The van der Waals surface area contributed by atoms with Gasteiger partial charge in [0.25, 0.3) is 11.5 Å². The molecule has 4 N–H and O–H groups in total. The molecule has 1 aliphatic rings. The second-order valence-corrected chi connectivity index (χ2v) is 9.53. The highest BCUT2D eigenvalue weighted by Gasteiger charge is 2.33. The average Bonchev–Trinajstić information content (AvgIpc) is 3.09. The highest BCUT2D eigenvalue weighted by Crippen LogP contribution is 2.40. The molecular formula is C22H32Cl2N4O2. The molecule has 166 valence electrons. The summed E-state index contributed by atoms with van der Waals surface area (Å²) in [5.41, 5.74) is 7.39. The summed E-state index contributed by atoms with van der Waals surface area (Å²) < 4.78 is 1.48. The zero-order valence-electron chi connectivity index (χ0n) is 17.7. The molecule has 0 aromatic carbocycles. The fourth-order valence-corrected chi connectivity index (χ4v) is 4.95. The molecule has 30 heavy (non-hydrogen) atoms. The quantitative estimate of drug-likeness (QED) is 0.507. The van der Waals surface area contributed by atoms with Crippen molar-refractivity contribution in [2.24, 2.45) is 5.92 Å². The minimum absolute atomic E-state index is 0.0687. The number of nitrogens with zero attached hydrogens (tertiary/aromatic N) is 1. The number of amides is 1. The Balaban J connectivity index is 1.94. The molecule has 0 saturated heterocycles. The van der Waals surface area contributed by atoms with Crippen LogP contribution in [0.5, 0.6) is 0 Å². The fraction of sp³-hybridized carbons (Fsp3) is 0.636. The molecule has 4 atom stereocenters. The van der Waals surface area contributed by atoms with Crippen LogP contribution in [-0.2, 0) is 0 Å². The first-order valence-electron chi connectivity index (χ1n) is 11.0. The molecule has 1 fully saturated rings. The van der Waals surface area contributed by atoms with Gasteiger partial charge in [-0.05, 0) is 43.1 Å². The lowest BCUT2D eigenvalue weighted by Crippen LogP contribution is -2.31. The maximum atomic E-state index is 13.3. The van der Waals surface area contributed by atoms with Gasteiger partial charge in [-0.1, -0.05) is 33.1 Å². The lowest BCUT2D eigenvalue weighted by Gasteiger charge is -2.29. The van der Waals surface area contributed by atoms with Crippen LogP contribution in [0.2, 0.25) is 0 Å². The van der Waals surface area contributed by atoms with E-state index in [1.807, 2.05) is 0 Å². The Hall–Kier alpha value is -1.66. The number of hydrogen-bond donors (Lipinski definition) is 3. The Morgan fingerprint density at radius 2 is 2.10 bits per heavy atom. The smallest absolute Gasteiger partial charge is 0.259 e. The van der Waals surface area contributed by atoms with Crippen LogP contribution in [0.15, 0.2) is 17.1 Å². The van der Waals surface area contributed by atoms with Crippen molar-refractivity contribution in [1.82, 2.24) is 14.7 Å². The highest BCUT2D eigenvalue weighted by molar-refractivity contribution is 6.30.